The average molecular weight is 377 g/mol. The summed E-state index contributed by atoms with van der Waals surface area (Å²) in [6.45, 7) is 0.0917. The topological polar surface area (TPSA) is 96.9 Å². The maximum atomic E-state index is 12.1. The summed E-state index contributed by atoms with van der Waals surface area (Å²) in [4.78, 5) is 23.7. The molecule has 0 radical (unpaired) electrons. The molecule has 0 unspecified atom stereocenters. The molecule has 2 aromatic carbocycles. The number of fused-ring (bicyclic) bond motifs is 1. The monoisotopic (exact) mass is 376 g/mol. The standard InChI is InChI=1S/C18H17ClN2O5/c19-13-7-4-11(5-8-13)10-25-18(23)20-14-3-1-2-12-6-9-15(17(22)21-24)26-16(12)14/h1-5,7-8,15,24H,6,9-10H2,(H,20,23)(H,21,22)/t15-/m0/s1. The number of hydrogen-bond acceptors (Lipinski definition) is 5. The lowest BCUT2D eigenvalue weighted by Gasteiger charge is -2.26. The number of hydrogen-bond donors (Lipinski definition) is 3. The van der Waals surface area contributed by atoms with E-state index in [4.69, 9.17) is 26.3 Å². The number of aryl methyl sites for hydroxylation is 1. The number of rotatable bonds is 4. The Morgan fingerprint density at radius 1 is 1.23 bits per heavy atom. The van der Waals surface area contributed by atoms with Gasteiger partial charge in [0.1, 0.15) is 12.4 Å². The van der Waals surface area contributed by atoms with Crippen molar-refractivity contribution in [1.29, 1.82) is 0 Å². The largest absolute Gasteiger partial charge is 0.478 e. The first kappa shape index (κ1) is 18.0. The second-order valence-electron chi connectivity index (χ2n) is 5.74. The lowest BCUT2D eigenvalue weighted by molar-refractivity contribution is -0.137. The predicted molar refractivity (Wildman–Crippen MR) is 94.4 cm³/mol. The molecule has 1 atom stereocenters. The van der Waals surface area contributed by atoms with Gasteiger partial charge in [-0.3, -0.25) is 15.3 Å². The van der Waals surface area contributed by atoms with Crippen LogP contribution in [0.25, 0.3) is 0 Å². The summed E-state index contributed by atoms with van der Waals surface area (Å²) >= 11 is 5.82. The van der Waals surface area contributed by atoms with Crippen LogP contribution < -0.4 is 15.5 Å². The van der Waals surface area contributed by atoms with Gasteiger partial charge in [0.05, 0.1) is 5.69 Å². The molecule has 0 saturated heterocycles. The van der Waals surface area contributed by atoms with Crippen molar-refractivity contribution in [3.05, 3.63) is 58.6 Å². The van der Waals surface area contributed by atoms with Gasteiger partial charge in [-0.25, -0.2) is 10.3 Å². The molecule has 0 aromatic heterocycles. The molecule has 0 fully saturated rings. The highest BCUT2D eigenvalue weighted by Gasteiger charge is 2.28. The zero-order chi connectivity index (χ0) is 18.5. The van der Waals surface area contributed by atoms with Gasteiger partial charge in [-0.2, -0.15) is 0 Å². The van der Waals surface area contributed by atoms with Crippen molar-refractivity contribution < 1.29 is 24.3 Å². The predicted octanol–water partition coefficient (Wildman–Crippen LogP) is 3.29. The van der Waals surface area contributed by atoms with E-state index in [1.54, 1.807) is 41.9 Å². The molecular formula is C18H17ClN2O5. The second-order valence-corrected chi connectivity index (χ2v) is 6.18. The molecule has 8 heteroatoms. The molecule has 1 aliphatic heterocycles. The zero-order valence-electron chi connectivity index (χ0n) is 13.7. The smallest absolute Gasteiger partial charge is 0.412 e. The molecule has 0 spiro atoms. The molecule has 1 heterocycles. The number of benzene rings is 2. The summed E-state index contributed by atoms with van der Waals surface area (Å²) in [7, 11) is 0. The van der Waals surface area contributed by atoms with E-state index in [9.17, 15) is 9.59 Å². The minimum atomic E-state index is -0.819. The van der Waals surface area contributed by atoms with E-state index in [1.807, 2.05) is 6.07 Å². The molecule has 136 valence electrons. The second kappa shape index (κ2) is 8.07. The third kappa shape index (κ3) is 4.25. The van der Waals surface area contributed by atoms with Crippen LogP contribution in [0.4, 0.5) is 10.5 Å². The van der Waals surface area contributed by atoms with E-state index >= 15 is 0 Å². The van der Waals surface area contributed by atoms with Gasteiger partial charge in [0.15, 0.2) is 6.10 Å². The third-order valence-corrected chi connectivity index (χ3v) is 4.21. The van der Waals surface area contributed by atoms with Gasteiger partial charge in [0.25, 0.3) is 5.91 Å². The highest BCUT2D eigenvalue weighted by atomic mass is 35.5. The van der Waals surface area contributed by atoms with Crippen molar-refractivity contribution in [2.24, 2.45) is 0 Å². The van der Waals surface area contributed by atoms with E-state index in [0.29, 0.717) is 29.3 Å². The fourth-order valence-electron chi connectivity index (χ4n) is 2.64. The summed E-state index contributed by atoms with van der Waals surface area (Å²) in [6, 6.07) is 12.2. The molecule has 7 nitrogen and oxygen atoms in total. The van der Waals surface area contributed by atoms with Gasteiger partial charge in [0.2, 0.25) is 0 Å². The van der Waals surface area contributed by atoms with Crippen LogP contribution in [0.5, 0.6) is 5.75 Å². The van der Waals surface area contributed by atoms with Crippen molar-refractivity contribution in [3.63, 3.8) is 0 Å². The number of carbonyl (C=O) groups is 2. The van der Waals surface area contributed by atoms with Crippen molar-refractivity contribution in [3.8, 4) is 5.75 Å². The van der Waals surface area contributed by atoms with Gasteiger partial charge in [-0.1, -0.05) is 35.9 Å². The first-order chi connectivity index (χ1) is 12.6. The SMILES string of the molecule is O=C(Nc1cccc2c1O[C@H](C(=O)NO)CC2)OCc1ccc(Cl)cc1. The number of anilines is 1. The van der Waals surface area contributed by atoms with Crippen molar-refractivity contribution in [2.45, 2.75) is 25.6 Å². The number of nitrogens with one attached hydrogen (secondary N) is 2. The van der Waals surface area contributed by atoms with E-state index in [1.165, 1.54) is 0 Å². The van der Waals surface area contributed by atoms with E-state index in [0.717, 1.165) is 11.1 Å². The van der Waals surface area contributed by atoms with Crippen LogP contribution >= 0.6 is 11.6 Å². The molecule has 3 N–H and O–H groups in total. The van der Waals surface area contributed by atoms with Gasteiger partial charge < -0.3 is 9.47 Å². The van der Waals surface area contributed by atoms with Crippen LogP contribution in [-0.2, 0) is 22.6 Å². The Morgan fingerprint density at radius 3 is 2.73 bits per heavy atom. The Kier molecular flexibility index (Phi) is 5.60. The molecule has 0 saturated carbocycles. The van der Waals surface area contributed by atoms with E-state index in [2.05, 4.69) is 5.32 Å². The van der Waals surface area contributed by atoms with Crippen LogP contribution in [0.2, 0.25) is 5.02 Å². The summed E-state index contributed by atoms with van der Waals surface area (Å²) in [5, 5.41) is 12.0. The van der Waals surface area contributed by atoms with Crippen molar-refractivity contribution in [2.75, 3.05) is 5.32 Å². The Bertz CT molecular complexity index is 810. The van der Waals surface area contributed by atoms with Crippen molar-refractivity contribution in [1.82, 2.24) is 5.48 Å². The number of halogens is 1. The summed E-state index contributed by atoms with van der Waals surface area (Å²) < 4.78 is 10.8. The molecule has 0 aliphatic carbocycles. The van der Waals surface area contributed by atoms with Gasteiger partial charge in [-0.15, -0.1) is 0 Å². The molecule has 2 aromatic rings. The third-order valence-electron chi connectivity index (χ3n) is 3.96. The lowest BCUT2D eigenvalue weighted by atomic mass is 10.0. The first-order valence-corrected chi connectivity index (χ1v) is 8.35. The average Bonchev–Trinajstić information content (AvgIpc) is 2.67. The molecule has 26 heavy (non-hydrogen) atoms. The maximum absolute atomic E-state index is 12.1. The van der Waals surface area contributed by atoms with Crippen LogP contribution in [0, 0.1) is 0 Å². The zero-order valence-corrected chi connectivity index (χ0v) is 14.5. The first-order valence-electron chi connectivity index (χ1n) is 7.97. The normalized spacial score (nSPS) is 15.4. The molecule has 1 aliphatic rings. The van der Waals surface area contributed by atoms with Crippen LogP contribution in [0.15, 0.2) is 42.5 Å². The number of para-hydroxylation sites is 1. The molecule has 2 amide bonds. The minimum Gasteiger partial charge on any atom is -0.478 e. The summed E-state index contributed by atoms with van der Waals surface area (Å²) in [5.41, 5.74) is 3.65. The van der Waals surface area contributed by atoms with E-state index in [-0.39, 0.29) is 6.61 Å². The molecule has 3 rings (SSSR count). The van der Waals surface area contributed by atoms with Gasteiger partial charge >= 0.3 is 6.09 Å². The Hall–Kier alpha value is -2.77. The number of ether oxygens (including phenoxy) is 2. The molecule has 0 bridgehead atoms. The Morgan fingerprint density at radius 2 is 2.00 bits per heavy atom. The number of amides is 2. The van der Waals surface area contributed by atoms with Crippen LogP contribution in [0.3, 0.4) is 0 Å². The fraction of sp³-hybridized carbons (Fsp3) is 0.222. The van der Waals surface area contributed by atoms with Gasteiger partial charge in [0, 0.05) is 5.02 Å². The minimum absolute atomic E-state index is 0.0917. The quantitative estimate of drug-likeness (QED) is 0.562. The Labute approximate surface area is 154 Å². The fourth-order valence-corrected chi connectivity index (χ4v) is 2.77. The number of carbonyl (C=O) groups excluding carboxylic acids is 2. The summed E-state index contributed by atoms with van der Waals surface area (Å²) in [5.74, 6) is -0.230. The van der Waals surface area contributed by atoms with E-state index < -0.39 is 18.1 Å². The molecular weight excluding hydrogens is 360 g/mol. The highest BCUT2D eigenvalue weighted by molar-refractivity contribution is 6.30. The lowest BCUT2D eigenvalue weighted by Crippen LogP contribution is -2.39. The van der Waals surface area contributed by atoms with Crippen LogP contribution in [0.1, 0.15) is 17.5 Å². The van der Waals surface area contributed by atoms with Gasteiger partial charge in [-0.05, 0) is 42.2 Å². The summed E-state index contributed by atoms with van der Waals surface area (Å²) in [6.07, 6.45) is -0.446. The van der Waals surface area contributed by atoms with Crippen LogP contribution in [-0.4, -0.2) is 23.3 Å². The highest BCUT2D eigenvalue weighted by Crippen LogP contribution is 2.35. The number of hydroxylamine groups is 1. The maximum Gasteiger partial charge on any atom is 0.412 e. The Balaban J connectivity index is 1.65. The van der Waals surface area contributed by atoms with Crippen molar-refractivity contribution >= 4 is 29.3 Å².